The quantitative estimate of drug-likeness (QED) is 0.0279. The zero-order valence-corrected chi connectivity index (χ0v) is 41.1. The molecule has 0 aliphatic rings. The second-order valence-corrected chi connectivity index (χ2v) is 17.8. The molecule has 3 aromatic rings. The van der Waals surface area contributed by atoms with E-state index in [-0.39, 0.29) is 254 Å². The van der Waals surface area contributed by atoms with Crippen molar-refractivity contribution in [3.05, 3.63) is 77.9 Å². The number of esters is 4. The summed E-state index contributed by atoms with van der Waals surface area (Å²) in [5.41, 5.74) is 2.74. The van der Waals surface area contributed by atoms with Gasteiger partial charge in [0.2, 0.25) is 5.78 Å². The molecule has 0 bridgehead atoms. The van der Waals surface area contributed by atoms with Crippen molar-refractivity contribution in [2.45, 2.75) is 136 Å². The van der Waals surface area contributed by atoms with Crippen LogP contribution in [0.3, 0.4) is 0 Å². The number of benzene rings is 3. The Morgan fingerprint density at radius 2 is 0.882 bits per heavy atom. The molecule has 0 saturated heterocycles. The molecular formula is C44H70Na8O21S3. The number of hydrogen-bond acceptors (Lipinski definition) is 17. The number of carboxylic acid groups (broad SMARTS) is 1. The van der Waals surface area contributed by atoms with Crippen LogP contribution in [-0.2, 0) is 82.3 Å². The summed E-state index contributed by atoms with van der Waals surface area (Å²) in [6, 6.07) is 20.2. The minimum absolute atomic E-state index is 0. The second-order valence-electron chi connectivity index (χ2n) is 14.3. The molecule has 0 aliphatic heterocycles. The molecule has 21 nitrogen and oxygen atoms in total. The molecule has 0 aliphatic carbocycles. The van der Waals surface area contributed by atoms with Gasteiger partial charge in [0, 0.05) is 18.7 Å². The van der Waals surface area contributed by atoms with E-state index in [0.717, 1.165) is 25.2 Å². The van der Waals surface area contributed by atoms with Gasteiger partial charge in [-0.05, 0) is 42.8 Å². The molecule has 3 aromatic carbocycles. The fourth-order valence-electron chi connectivity index (χ4n) is 4.88. The molecule has 3 rings (SSSR count). The number of carbonyl (C=O) groups excluding carboxylic acids is 6. The Hall–Kier alpha value is 2.50. The van der Waals surface area contributed by atoms with E-state index in [1.165, 1.54) is 69.1 Å². The number of ether oxygens (including phenoxy) is 2. The van der Waals surface area contributed by atoms with E-state index in [1.54, 1.807) is 30.3 Å². The molecule has 0 fully saturated rings. The Labute approximate surface area is 624 Å². The molecule has 0 aromatic heterocycles. The van der Waals surface area contributed by atoms with Crippen molar-refractivity contribution in [2.24, 2.45) is 0 Å². The molecule has 32 heteroatoms. The van der Waals surface area contributed by atoms with Crippen molar-refractivity contribution < 1.29 is 95.4 Å². The molecule has 398 valence electrons. The van der Waals surface area contributed by atoms with Crippen LogP contribution in [-0.4, -0.2) is 329 Å². The van der Waals surface area contributed by atoms with E-state index in [9.17, 15) is 58.8 Å². The van der Waals surface area contributed by atoms with E-state index in [1.807, 2.05) is 6.07 Å². The number of ketones is 1. The SMILES string of the molecule is CC(=O)C(=O)OC(=O)CCC(=O)OC(=O)CCC(=O)O.CCC(=O)OS(=O)(=O)O.CCCCCCCCCCCCOS(=O)(=O)O.Cc1ccccc1C.O=S(=O)(O)c1cccc2ccccc12.[NaH].[NaH].[NaH].[NaH].[NaH].[NaH].[NaH].[NaH]. The fraction of sp³-hybridized carbons (Fsp3) is 0.477. The summed E-state index contributed by atoms with van der Waals surface area (Å²) in [7, 11) is -12.9. The first-order chi connectivity index (χ1) is 31.6. The van der Waals surface area contributed by atoms with Crippen LogP contribution in [0.5, 0.6) is 0 Å². The van der Waals surface area contributed by atoms with Gasteiger partial charge in [0.15, 0.2) is 0 Å². The van der Waals surface area contributed by atoms with Gasteiger partial charge in [0.25, 0.3) is 10.1 Å². The van der Waals surface area contributed by atoms with E-state index in [0.29, 0.717) is 11.8 Å². The summed E-state index contributed by atoms with van der Waals surface area (Å²) in [6.45, 7) is 8.87. The van der Waals surface area contributed by atoms with Crippen molar-refractivity contribution in [3.8, 4) is 0 Å². The van der Waals surface area contributed by atoms with Gasteiger partial charge in [-0.25, -0.2) is 8.98 Å². The maximum absolute atomic E-state index is 11.1. The summed E-state index contributed by atoms with van der Waals surface area (Å²) in [5, 5.41) is 9.62. The molecule has 0 atom stereocenters. The van der Waals surface area contributed by atoms with Crippen molar-refractivity contribution >= 4 is 320 Å². The fourth-order valence-corrected chi connectivity index (χ4v) is 6.28. The third kappa shape index (κ3) is 62.5. The first kappa shape index (κ1) is 100. The number of aryl methyl sites for hydroxylation is 2. The predicted octanol–water partition coefficient (Wildman–Crippen LogP) is 2.03. The Balaban J connectivity index is -0.0000000899. The first-order valence-corrected chi connectivity index (χ1v) is 25.3. The van der Waals surface area contributed by atoms with Crippen LogP contribution in [0.1, 0.15) is 128 Å². The average molecular weight is 1220 g/mol. The monoisotopic (exact) mass is 1210 g/mol. The zero-order valence-electron chi connectivity index (χ0n) is 38.6. The summed E-state index contributed by atoms with van der Waals surface area (Å²) < 4.78 is 103. The zero-order chi connectivity index (χ0) is 52.3. The van der Waals surface area contributed by atoms with Gasteiger partial charge in [-0.2, -0.15) is 25.3 Å². The van der Waals surface area contributed by atoms with Gasteiger partial charge in [0.1, 0.15) is 4.90 Å². The number of unbranched alkanes of at least 4 members (excludes halogenated alkanes) is 9. The number of carbonyl (C=O) groups is 7. The molecule has 0 saturated carbocycles. The Morgan fingerprint density at radius 1 is 0.487 bits per heavy atom. The van der Waals surface area contributed by atoms with Gasteiger partial charge < -0.3 is 18.8 Å². The van der Waals surface area contributed by atoms with Crippen LogP contribution in [0.15, 0.2) is 71.6 Å². The second kappa shape index (κ2) is 59.2. The van der Waals surface area contributed by atoms with Crippen molar-refractivity contribution in [1.82, 2.24) is 0 Å². The molecule has 0 spiro atoms. The summed E-state index contributed by atoms with van der Waals surface area (Å²) in [4.78, 5) is 74.4. The van der Waals surface area contributed by atoms with E-state index in [4.69, 9.17) is 18.8 Å². The summed E-state index contributed by atoms with van der Waals surface area (Å²) in [6.07, 6.45) is 9.71. The summed E-state index contributed by atoms with van der Waals surface area (Å²) in [5.74, 6) is -7.72. The molecule has 4 N–H and O–H groups in total. The molecule has 76 heavy (non-hydrogen) atoms. The standard InChI is InChI=1S/C12H26O4S.C11H12O9.C10H8O3S.C8H10.C3H6O5S.8Na.8H/c1-2-3-4-5-6-7-8-9-10-11-12-16-17(13,14)15;1-6(12)11(18)20-10(17)5-4-9(16)19-8(15)3-2-7(13)14;11-14(12,13)10-7-3-5-8-4-1-2-6-9(8)10;1-7-5-3-4-6-8(7)2;1-2-3(4)8-9(5,6)7;;;;;;;;;;;;;;;;/h2-12H2,1H3,(H,13,14,15);2-5H2,1H3,(H,13,14);1-7H,(H,11,12,13);3-6H,1-2H3;2H2,1H3,(H,5,6,7);;;;;;;;;;;;;;;;. The van der Waals surface area contributed by atoms with Crippen LogP contribution in [0, 0.1) is 13.8 Å². The molecule has 0 amide bonds. The Morgan fingerprint density at radius 3 is 1.25 bits per heavy atom. The third-order valence-electron chi connectivity index (χ3n) is 8.47. The van der Waals surface area contributed by atoms with E-state index in [2.05, 4.69) is 62.9 Å². The number of Topliss-reactive ketones (excluding diaryl/α,β-unsaturated/α-hetero) is 1. The van der Waals surface area contributed by atoms with Crippen molar-refractivity contribution in [3.63, 3.8) is 0 Å². The maximum atomic E-state index is 11.1. The van der Waals surface area contributed by atoms with Gasteiger partial charge in [-0.3, -0.25) is 42.4 Å². The summed E-state index contributed by atoms with van der Waals surface area (Å²) >= 11 is 0. The number of carboxylic acids is 1. The normalized spacial score (nSPS) is 9.58. The van der Waals surface area contributed by atoms with E-state index >= 15 is 0 Å². The molecule has 0 unspecified atom stereocenters. The number of rotatable bonds is 22. The molecular weight excluding hydrogens is 1140 g/mol. The van der Waals surface area contributed by atoms with Gasteiger partial charge >= 0.3 is 293 Å². The number of fused-ring (bicyclic) bond motifs is 1. The van der Waals surface area contributed by atoms with Crippen molar-refractivity contribution in [1.29, 1.82) is 0 Å². The first-order valence-electron chi connectivity index (χ1n) is 21.1. The van der Waals surface area contributed by atoms with Gasteiger partial charge in [0.05, 0.1) is 32.3 Å². The number of hydrogen-bond donors (Lipinski definition) is 4. The van der Waals surface area contributed by atoms with E-state index < -0.39 is 98.2 Å². The van der Waals surface area contributed by atoms with Crippen LogP contribution >= 0.6 is 0 Å². The van der Waals surface area contributed by atoms with Gasteiger partial charge in [-0.15, -0.1) is 0 Å². The number of aliphatic carboxylic acids is 1. The minimum atomic E-state index is -4.58. The average Bonchev–Trinajstić information content (AvgIpc) is 3.24. The van der Waals surface area contributed by atoms with Crippen LogP contribution in [0.4, 0.5) is 0 Å². The Kier molecular flexibility index (Phi) is 78.3. The third-order valence-corrected chi connectivity index (χ3v) is 10.2. The molecule has 0 radical (unpaired) electrons. The van der Waals surface area contributed by atoms with Crippen molar-refractivity contribution in [2.75, 3.05) is 6.61 Å². The Bertz CT molecular complexity index is 2410. The van der Waals surface area contributed by atoms with Gasteiger partial charge in [-0.1, -0.05) is 132 Å². The van der Waals surface area contributed by atoms with Crippen LogP contribution < -0.4 is 0 Å². The van der Waals surface area contributed by atoms with Crippen LogP contribution in [0.25, 0.3) is 10.8 Å². The topological polar surface area (TPSA) is 340 Å². The molecule has 0 heterocycles. The predicted molar refractivity (Wildman–Crippen MR) is 303 cm³/mol. The van der Waals surface area contributed by atoms with Crippen LogP contribution in [0.2, 0.25) is 0 Å².